The van der Waals surface area contributed by atoms with Crippen LogP contribution >= 0.6 is 0 Å². The number of imidazole rings is 1. The summed E-state index contributed by atoms with van der Waals surface area (Å²) in [7, 11) is 0. The molecule has 3 aromatic rings. The molecule has 0 saturated carbocycles. The van der Waals surface area contributed by atoms with Gasteiger partial charge >= 0.3 is 0 Å². The van der Waals surface area contributed by atoms with Crippen molar-refractivity contribution in [2.75, 3.05) is 49.1 Å². The Bertz CT molecular complexity index is 964. The molecule has 0 radical (unpaired) electrons. The summed E-state index contributed by atoms with van der Waals surface area (Å²) in [5.74, 6) is 2.56. The molecule has 2 fully saturated rings. The zero-order valence-corrected chi connectivity index (χ0v) is 15.9. The number of piperazine rings is 1. The summed E-state index contributed by atoms with van der Waals surface area (Å²) < 4.78 is 1.84. The zero-order chi connectivity index (χ0) is 19.6. The Kier molecular flexibility index (Phi) is 4.51. The van der Waals surface area contributed by atoms with Crippen LogP contribution in [0.4, 0.5) is 11.8 Å². The fraction of sp³-hybridized carbons (Fsp3) is 0.368. The molecule has 0 bridgehead atoms. The normalized spacial score (nSPS) is 17.3. The van der Waals surface area contributed by atoms with Crippen LogP contribution in [0.5, 0.6) is 0 Å². The van der Waals surface area contributed by atoms with Gasteiger partial charge in [-0.2, -0.15) is 0 Å². The van der Waals surface area contributed by atoms with Gasteiger partial charge in [0, 0.05) is 70.1 Å². The van der Waals surface area contributed by atoms with Gasteiger partial charge in [-0.3, -0.25) is 9.36 Å². The van der Waals surface area contributed by atoms with Crippen LogP contribution in [0.2, 0.25) is 0 Å². The third-order valence-corrected chi connectivity index (χ3v) is 5.39. The summed E-state index contributed by atoms with van der Waals surface area (Å²) >= 11 is 0. The molecule has 2 saturated heterocycles. The van der Waals surface area contributed by atoms with Crippen molar-refractivity contribution in [3.63, 3.8) is 0 Å². The van der Waals surface area contributed by atoms with Crippen molar-refractivity contribution in [2.24, 2.45) is 5.92 Å². The van der Waals surface area contributed by atoms with Gasteiger partial charge in [-0.1, -0.05) is 0 Å². The molecule has 0 aromatic carbocycles. The second-order valence-electron chi connectivity index (χ2n) is 7.17. The molecule has 0 unspecified atom stereocenters. The van der Waals surface area contributed by atoms with E-state index < -0.39 is 0 Å². The molecule has 10 nitrogen and oxygen atoms in total. The lowest BCUT2D eigenvalue weighted by Gasteiger charge is -2.43. The Morgan fingerprint density at radius 3 is 2.38 bits per heavy atom. The second kappa shape index (κ2) is 7.46. The molecule has 148 valence electrons. The molecular weight excluding hydrogens is 370 g/mol. The van der Waals surface area contributed by atoms with Gasteiger partial charge in [0.25, 0.3) is 0 Å². The first-order chi connectivity index (χ1) is 14.3. The van der Waals surface area contributed by atoms with Gasteiger partial charge in [0.05, 0.1) is 5.92 Å². The first-order valence-electron chi connectivity index (χ1n) is 9.64. The van der Waals surface area contributed by atoms with E-state index in [1.165, 1.54) is 0 Å². The molecule has 0 aliphatic carbocycles. The lowest BCUT2D eigenvalue weighted by molar-refractivity contribution is -0.136. The molecule has 0 N–H and O–H groups in total. The van der Waals surface area contributed by atoms with Crippen molar-refractivity contribution in [3.8, 4) is 5.82 Å². The van der Waals surface area contributed by atoms with E-state index in [2.05, 4.69) is 34.7 Å². The second-order valence-corrected chi connectivity index (χ2v) is 7.17. The van der Waals surface area contributed by atoms with Crippen LogP contribution in [0.25, 0.3) is 5.82 Å². The third kappa shape index (κ3) is 3.48. The molecule has 1 amide bonds. The predicted octanol–water partition coefficient (Wildman–Crippen LogP) is 0.237. The molecule has 2 aliphatic rings. The van der Waals surface area contributed by atoms with Gasteiger partial charge in [-0.25, -0.2) is 24.9 Å². The van der Waals surface area contributed by atoms with E-state index >= 15 is 0 Å². The van der Waals surface area contributed by atoms with E-state index in [0.29, 0.717) is 26.2 Å². The van der Waals surface area contributed by atoms with Crippen molar-refractivity contribution in [1.29, 1.82) is 0 Å². The molecule has 3 aromatic heterocycles. The molecule has 0 spiro atoms. The third-order valence-electron chi connectivity index (χ3n) is 5.39. The summed E-state index contributed by atoms with van der Waals surface area (Å²) in [6.07, 6.45) is 10.3. The zero-order valence-electron chi connectivity index (χ0n) is 15.9. The van der Waals surface area contributed by atoms with Gasteiger partial charge < -0.3 is 14.7 Å². The van der Waals surface area contributed by atoms with Crippen molar-refractivity contribution in [1.82, 2.24) is 34.4 Å². The average molecular weight is 391 g/mol. The number of anilines is 2. The summed E-state index contributed by atoms with van der Waals surface area (Å²) in [5, 5.41) is 0. The number of rotatable bonds is 4. The summed E-state index contributed by atoms with van der Waals surface area (Å²) in [4.78, 5) is 40.3. The highest BCUT2D eigenvalue weighted by molar-refractivity contribution is 5.82. The Labute approximate surface area is 167 Å². The number of nitrogens with zero attached hydrogens (tertiary/aromatic N) is 9. The van der Waals surface area contributed by atoms with Crippen LogP contribution in [0.1, 0.15) is 0 Å². The molecule has 2 aliphatic heterocycles. The van der Waals surface area contributed by atoms with Crippen LogP contribution in [0.3, 0.4) is 0 Å². The largest absolute Gasteiger partial charge is 0.355 e. The lowest BCUT2D eigenvalue weighted by Crippen LogP contribution is -2.58. The van der Waals surface area contributed by atoms with Crippen molar-refractivity contribution >= 4 is 17.7 Å². The number of hydrogen-bond donors (Lipinski definition) is 0. The molecule has 5 rings (SSSR count). The topological polar surface area (TPSA) is 96.2 Å². The molecular formula is C19H21N9O. The first kappa shape index (κ1) is 17.5. The van der Waals surface area contributed by atoms with E-state index in [9.17, 15) is 4.79 Å². The smallest absolute Gasteiger partial charge is 0.229 e. The standard InChI is InChI=1S/C19H21N9O/c29-18(25-6-8-26(9-7-25)19-21-2-1-3-22-19)15-11-28(12-15)17-10-16(23-13-24-17)27-5-4-20-14-27/h1-5,10,13-15H,6-9,11-12H2. The molecule has 0 atom stereocenters. The maximum Gasteiger partial charge on any atom is 0.229 e. The maximum atomic E-state index is 12.9. The quantitative estimate of drug-likeness (QED) is 0.624. The fourth-order valence-corrected chi connectivity index (χ4v) is 3.71. The number of hydrogen-bond acceptors (Lipinski definition) is 8. The Balaban J connectivity index is 1.16. The minimum Gasteiger partial charge on any atom is -0.355 e. The van der Waals surface area contributed by atoms with E-state index in [4.69, 9.17) is 0 Å². The molecule has 5 heterocycles. The maximum absolute atomic E-state index is 12.9. The highest BCUT2D eigenvalue weighted by Crippen LogP contribution is 2.25. The SMILES string of the molecule is O=C(C1CN(c2cc(-n3ccnc3)ncn2)C1)N1CCN(c2ncccn2)CC1. The number of carbonyl (C=O) groups excluding carboxylic acids is 1. The van der Waals surface area contributed by atoms with E-state index in [1.807, 2.05) is 27.8 Å². The van der Waals surface area contributed by atoms with Gasteiger partial charge in [-0.15, -0.1) is 0 Å². The minimum atomic E-state index is 0.0150. The van der Waals surface area contributed by atoms with Crippen LogP contribution in [-0.2, 0) is 4.79 Å². The first-order valence-corrected chi connectivity index (χ1v) is 9.64. The number of carbonyl (C=O) groups is 1. The summed E-state index contributed by atoms with van der Waals surface area (Å²) in [6.45, 7) is 4.28. The Morgan fingerprint density at radius 2 is 1.66 bits per heavy atom. The van der Waals surface area contributed by atoms with Crippen LogP contribution < -0.4 is 9.80 Å². The van der Waals surface area contributed by atoms with Crippen LogP contribution in [0, 0.1) is 5.92 Å². The van der Waals surface area contributed by atoms with E-state index in [-0.39, 0.29) is 11.8 Å². The van der Waals surface area contributed by atoms with Gasteiger partial charge in [0.15, 0.2) is 0 Å². The van der Waals surface area contributed by atoms with Crippen LogP contribution in [-0.4, -0.2) is 79.6 Å². The highest BCUT2D eigenvalue weighted by Gasteiger charge is 2.37. The van der Waals surface area contributed by atoms with Gasteiger partial charge in [0.1, 0.15) is 24.3 Å². The number of amides is 1. The van der Waals surface area contributed by atoms with Gasteiger partial charge in [0.2, 0.25) is 11.9 Å². The Morgan fingerprint density at radius 1 is 0.897 bits per heavy atom. The fourth-order valence-electron chi connectivity index (χ4n) is 3.71. The lowest BCUT2D eigenvalue weighted by atomic mass is 9.98. The Hall–Kier alpha value is -3.56. The predicted molar refractivity (Wildman–Crippen MR) is 106 cm³/mol. The summed E-state index contributed by atoms with van der Waals surface area (Å²) in [6, 6.07) is 3.72. The average Bonchev–Trinajstić information content (AvgIpc) is 3.29. The monoisotopic (exact) mass is 391 g/mol. The molecule has 29 heavy (non-hydrogen) atoms. The van der Waals surface area contributed by atoms with Crippen LogP contribution in [0.15, 0.2) is 49.6 Å². The highest BCUT2D eigenvalue weighted by atomic mass is 16.2. The molecule has 10 heteroatoms. The van der Waals surface area contributed by atoms with Crippen molar-refractivity contribution < 1.29 is 4.79 Å². The van der Waals surface area contributed by atoms with E-state index in [1.54, 1.807) is 31.2 Å². The van der Waals surface area contributed by atoms with Crippen molar-refractivity contribution in [2.45, 2.75) is 0 Å². The minimum absolute atomic E-state index is 0.0150. The van der Waals surface area contributed by atoms with Gasteiger partial charge in [-0.05, 0) is 6.07 Å². The number of aromatic nitrogens is 6. The van der Waals surface area contributed by atoms with Crippen molar-refractivity contribution in [3.05, 3.63) is 49.6 Å². The van der Waals surface area contributed by atoms with E-state index in [0.717, 1.165) is 30.7 Å². The summed E-state index contributed by atoms with van der Waals surface area (Å²) in [5.41, 5.74) is 0.